The number of hydrogen-bond donors (Lipinski definition) is 1. The number of rotatable bonds is 5. The Bertz CT molecular complexity index is 684. The van der Waals surface area contributed by atoms with Gasteiger partial charge in [-0.1, -0.05) is 18.2 Å². The van der Waals surface area contributed by atoms with Gasteiger partial charge in [0.25, 0.3) is 10.0 Å². The molecule has 0 aliphatic carbocycles. The Labute approximate surface area is 118 Å². The van der Waals surface area contributed by atoms with E-state index >= 15 is 0 Å². The van der Waals surface area contributed by atoms with E-state index in [1.165, 1.54) is 26.4 Å². The van der Waals surface area contributed by atoms with Gasteiger partial charge in [-0.2, -0.15) is 0 Å². The maximum absolute atomic E-state index is 12.2. The first-order chi connectivity index (χ1) is 9.56. The molecule has 0 aliphatic rings. The number of methoxy groups -OCH3 is 2. The van der Waals surface area contributed by atoms with Crippen molar-refractivity contribution < 1.29 is 17.9 Å². The molecule has 0 aromatic heterocycles. The van der Waals surface area contributed by atoms with Crippen molar-refractivity contribution in [3.05, 3.63) is 48.5 Å². The van der Waals surface area contributed by atoms with Gasteiger partial charge in [0.1, 0.15) is 11.5 Å². The minimum Gasteiger partial charge on any atom is -0.497 e. The van der Waals surface area contributed by atoms with Gasteiger partial charge >= 0.3 is 0 Å². The quantitative estimate of drug-likeness (QED) is 0.920. The van der Waals surface area contributed by atoms with Gasteiger partial charge in [0.15, 0.2) is 0 Å². The molecule has 1 N–H and O–H groups in total. The summed E-state index contributed by atoms with van der Waals surface area (Å²) in [7, 11) is -0.639. The molecule has 0 unspecified atom stereocenters. The fourth-order valence-corrected chi connectivity index (χ4v) is 2.78. The van der Waals surface area contributed by atoms with Crippen LogP contribution in [0.25, 0.3) is 0 Å². The van der Waals surface area contributed by atoms with Crippen LogP contribution in [0, 0.1) is 0 Å². The Balaban J connectivity index is 2.35. The normalized spacial score (nSPS) is 10.9. The van der Waals surface area contributed by atoms with E-state index in [0.29, 0.717) is 17.2 Å². The Morgan fingerprint density at radius 2 is 1.65 bits per heavy atom. The monoisotopic (exact) mass is 293 g/mol. The standard InChI is InChI=1S/C14H15NO4S/c1-18-11-8-9-13(14(10-11)19-2)15-20(16,17)12-6-4-3-5-7-12/h3-10,15H,1-2H3. The first kappa shape index (κ1) is 14.2. The van der Waals surface area contributed by atoms with Crippen molar-refractivity contribution in [2.24, 2.45) is 0 Å². The predicted octanol–water partition coefficient (Wildman–Crippen LogP) is 2.50. The van der Waals surface area contributed by atoms with Gasteiger partial charge in [-0.05, 0) is 24.3 Å². The topological polar surface area (TPSA) is 64.6 Å². The van der Waals surface area contributed by atoms with Crippen molar-refractivity contribution in [2.45, 2.75) is 4.90 Å². The second kappa shape index (κ2) is 5.83. The van der Waals surface area contributed by atoms with Crippen LogP contribution in [0.1, 0.15) is 0 Å². The smallest absolute Gasteiger partial charge is 0.262 e. The van der Waals surface area contributed by atoms with Gasteiger partial charge in [-0.15, -0.1) is 0 Å². The highest BCUT2D eigenvalue weighted by Crippen LogP contribution is 2.30. The molecule has 0 atom stereocenters. The maximum Gasteiger partial charge on any atom is 0.262 e. The zero-order chi connectivity index (χ0) is 14.6. The lowest BCUT2D eigenvalue weighted by molar-refractivity contribution is 0.395. The van der Waals surface area contributed by atoms with Crippen molar-refractivity contribution >= 4 is 15.7 Å². The molecule has 0 saturated carbocycles. The van der Waals surface area contributed by atoms with E-state index in [1.807, 2.05) is 0 Å². The van der Waals surface area contributed by atoms with Crippen LogP contribution in [0.15, 0.2) is 53.4 Å². The summed E-state index contributed by atoms with van der Waals surface area (Å²) in [5.74, 6) is 0.980. The maximum atomic E-state index is 12.2. The number of anilines is 1. The van der Waals surface area contributed by atoms with Crippen LogP contribution in [0.3, 0.4) is 0 Å². The van der Waals surface area contributed by atoms with E-state index in [1.54, 1.807) is 36.4 Å². The molecule has 0 bridgehead atoms. The van der Waals surface area contributed by atoms with Gasteiger partial charge < -0.3 is 9.47 Å². The number of benzene rings is 2. The van der Waals surface area contributed by atoms with Gasteiger partial charge in [0.05, 0.1) is 24.8 Å². The van der Waals surface area contributed by atoms with Crippen molar-refractivity contribution in [1.82, 2.24) is 0 Å². The Morgan fingerprint density at radius 3 is 2.25 bits per heavy atom. The fraction of sp³-hybridized carbons (Fsp3) is 0.143. The molecule has 2 aromatic rings. The third kappa shape index (κ3) is 3.03. The van der Waals surface area contributed by atoms with E-state index in [2.05, 4.69) is 4.72 Å². The van der Waals surface area contributed by atoms with Gasteiger partial charge in [-0.3, -0.25) is 4.72 Å². The molecular formula is C14H15NO4S. The molecule has 5 nitrogen and oxygen atoms in total. The summed E-state index contributed by atoms with van der Waals surface area (Å²) in [5, 5.41) is 0. The molecule has 106 valence electrons. The average molecular weight is 293 g/mol. The highest BCUT2D eigenvalue weighted by molar-refractivity contribution is 7.92. The lowest BCUT2D eigenvalue weighted by Gasteiger charge is -2.12. The second-order valence-electron chi connectivity index (χ2n) is 3.98. The lowest BCUT2D eigenvalue weighted by Crippen LogP contribution is -2.13. The van der Waals surface area contributed by atoms with Crippen molar-refractivity contribution in [3.63, 3.8) is 0 Å². The van der Waals surface area contributed by atoms with Crippen LogP contribution in [0.2, 0.25) is 0 Å². The lowest BCUT2D eigenvalue weighted by atomic mass is 10.3. The van der Waals surface area contributed by atoms with Crippen LogP contribution in [-0.2, 0) is 10.0 Å². The minimum absolute atomic E-state index is 0.192. The van der Waals surface area contributed by atoms with Gasteiger partial charge in [-0.25, -0.2) is 8.42 Å². The van der Waals surface area contributed by atoms with Crippen molar-refractivity contribution in [2.75, 3.05) is 18.9 Å². The second-order valence-corrected chi connectivity index (χ2v) is 5.67. The number of nitrogens with one attached hydrogen (secondary N) is 1. The van der Waals surface area contributed by atoms with E-state index in [-0.39, 0.29) is 4.90 Å². The van der Waals surface area contributed by atoms with Gasteiger partial charge in [0.2, 0.25) is 0 Å². The minimum atomic E-state index is -3.64. The Hall–Kier alpha value is -2.21. The molecule has 2 rings (SSSR count). The highest BCUT2D eigenvalue weighted by atomic mass is 32.2. The molecule has 0 amide bonds. The number of sulfonamides is 1. The summed E-state index contributed by atoms with van der Waals surface area (Å²) < 4.78 is 37.2. The summed E-state index contributed by atoms with van der Waals surface area (Å²) in [5.41, 5.74) is 0.358. The first-order valence-corrected chi connectivity index (χ1v) is 7.35. The molecular weight excluding hydrogens is 278 g/mol. The molecule has 20 heavy (non-hydrogen) atoms. The highest BCUT2D eigenvalue weighted by Gasteiger charge is 2.16. The number of hydrogen-bond acceptors (Lipinski definition) is 4. The molecule has 2 aromatic carbocycles. The van der Waals surface area contributed by atoms with Crippen LogP contribution >= 0.6 is 0 Å². The third-order valence-corrected chi connectivity index (χ3v) is 4.09. The molecule has 0 spiro atoms. The number of ether oxygens (including phenoxy) is 2. The molecule has 0 radical (unpaired) electrons. The van der Waals surface area contributed by atoms with Crippen LogP contribution in [0.5, 0.6) is 11.5 Å². The summed E-state index contributed by atoms with van der Waals surface area (Å²) >= 11 is 0. The largest absolute Gasteiger partial charge is 0.497 e. The van der Waals surface area contributed by atoms with Crippen LogP contribution < -0.4 is 14.2 Å². The van der Waals surface area contributed by atoms with E-state index < -0.39 is 10.0 Å². The zero-order valence-electron chi connectivity index (χ0n) is 11.2. The average Bonchev–Trinajstić information content (AvgIpc) is 2.48. The third-order valence-electron chi connectivity index (χ3n) is 2.71. The van der Waals surface area contributed by atoms with Crippen molar-refractivity contribution in [1.29, 1.82) is 0 Å². The predicted molar refractivity (Wildman–Crippen MR) is 76.8 cm³/mol. The Kier molecular flexibility index (Phi) is 4.14. The summed E-state index contributed by atoms with van der Waals surface area (Å²) in [4.78, 5) is 0.192. The van der Waals surface area contributed by atoms with Crippen molar-refractivity contribution in [3.8, 4) is 11.5 Å². The first-order valence-electron chi connectivity index (χ1n) is 5.87. The fourth-order valence-electron chi connectivity index (χ4n) is 1.69. The SMILES string of the molecule is COc1ccc(NS(=O)(=O)c2ccccc2)c(OC)c1. The molecule has 6 heteroatoms. The molecule has 0 saturated heterocycles. The van der Waals surface area contributed by atoms with E-state index in [0.717, 1.165) is 0 Å². The zero-order valence-corrected chi connectivity index (χ0v) is 12.0. The molecule has 0 aliphatic heterocycles. The van der Waals surface area contributed by atoms with Crippen LogP contribution in [0.4, 0.5) is 5.69 Å². The summed E-state index contributed by atoms with van der Waals surface area (Å²) in [6.07, 6.45) is 0. The molecule has 0 fully saturated rings. The van der Waals surface area contributed by atoms with Crippen LogP contribution in [-0.4, -0.2) is 22.6 Å². The molecule has 0 heterocycles. The Morgan fingerprint density at radius 1 is 0.950 bits per heavy atom. The van der Waals surface area contributed by atoms with E-state index in [4.69, 9.17) is 9.47 Å². The van der Waals surface area contributed by atoms with E-state index in [9.17, 15) is 8.42 Å². The van der Waals surface area contributed by atoms with Gasteiger partial charge in [0, 0.05) is 6.07 Å². The summed E-state index contributed by atoms with van der Waals surface area (Å²) in [6, 6.07) is 13.0. The summed E-state index contributed by atoms with van der Waals surface area (Å²) in [6.45, 7) is 0.